The van der Waals surface area contributed by atoms with Gasteiger partial charge in [0.15, 0.2) is 0 Å². The highest BCUT2D eigenvalue weighted by atomic mass is 19.4. The van der Waals surface area contributed by atoms with Crippen LogP contribution in [0.2, 0.25) is 0 Å². The van der Waals surface area contributed by atoms with E-state index in [1.54, 1.807) is 53.9 Å². The van der Waals surface area contributed by atoms with Gasteiger partial charge in [-0.05, 0) is 85.0 Å². The highest BCUT2D eigenvalue weighted by Crippen LogP contribution is 2.40. The number of amides is 1. The van der Waals surface area contributed by atoms with Crippen LogP contribution in [-0.4, -0.2) is 59.8 Å². The molecule has 2 atom stereocenters. The van der Waals surface area contributed by atoms with E-state index in [-0.39, 0.29) is 42.3 Å². The molecule has 0 saturated carbocycles. The first-order chi connectivity index (χ1) is 24.6. The van der Waals surface area contributed by atoms with Crippen LogP contribution >= 0.6 is 0 Å². The Hall–Kier alpha value is -4.24. The fourth-order valence-corrected chi connectivity index (χ4v) is 6.90. The number of ether oxygens (including phenoxy) is 1. The molecule has 1 aliphatic rings. The number of nitrogens with zero attached hydrogens (tertiary/aromatic N) is 2. The number of aliphatic carboxylic acids is 1. The van der Waals surface area contributed by atoms with Gasteiger partial charge in [-0.15, -0.1) is 0 Å². The molecule has 15 heteroatoms. The predicted octanol–water partition coefficient (Wildman–Crippen LogP) is 7.66. The maximum atomic E-state index is 15.9. The Labute approximate surface area is 302 Å². The van der Waals surface area contributed by atoms with Crippen molar-refractivity contribution in [2.24, 2.45) is 11.8 Å². The zero-order chi connectivity index (χ0) is 39.6. The molecule has 2 aromatic carbocycles. The summed E-state index contributed by atoms with van der Waals surface area (Å²) in [4.78, 5) is 41.3. The van der Waals surface area contributed by atoms with E-state index < -0.39 is 70.8 Å². The van der Waals surface area contributed by atoms with Gasteiger partial charge in [0.25, 0.3) is 5.56 Å². The number of pyridine rings is 1. The van der Waals surface area contributed by atoms with Gasteiger partial charge in [-0.2, -0.15) is 26.3 Å². The van der Waals surface area contributed by atoms with Gasteiger partial charge in [0.05, 0.1) is 30.2 Å². The lowest BCUT2D eigenvalue weighted by Crippen LogP contribution is -2.49. The molecule has 2 N–H and O–H groups in total. The Morgan fingerprint density at radius 2 is 1.60 bits per heavy atom. The van der Waals surface area contributed by atoms with Crippen molar-refractivity contribution in [2.45, 2.75) is 78.3 Å². The first kappa shape index (κ1) is 41.5. The van der Waals surface area contributed by atoms with E-state index in [9.17, 15) is 45.8 Å². The Balaban J connectivity index is 1.80. The van der Waals surface area contributed by atoms with Crippen LogP contribution in [0.4, 0.5) is 30.7 Å². The zero-order valence-electron chi connectivity index (χ0n) is 30.3. The van der Waals surface area contributed by atoms with Crippen LogP contribution in [0.15, 0.2) is 41.3 Å². The van der Waals surface area contributed by atoms with Crippen LogP contribution in [0.5, 0.6) is 0 Å². The molecular weight excluding hydrogens is 711 g/mol. The van der Waals surface area contributed by atoms with Gasteiger partial charge >= 0.3 is 18.3 Å². The molecule has 1 aliphatic heterocycles. The number of carbonyl (C=O) groups is 2. The van der Waals surface area contributed by atoms with Crippen LogP contribution in [0.25, 0.3) is 11.1 Å². The number of carboxylic acids is 1. The SMILES string of the molecule is COCC1CN(CCc2cn(C(CC(C)C)C(=O)NC(CC(=O)O)c3cc(-c4c(C)ccc(C)c4C)cc(C(F)(F)F)c3F)c(=O)cc2C(F)(F)F)C1. The smallest absolute Gasteiger partial charge is 0.419 e. The Morgan fingerprint density at radius 1 is 0.981 bits per heavy atom. The quantitative estimate of drug-likeness (QED) is 0.164. The molecule has 0 radical (unpaired) electrons. The number of hydrogen-bond acceptors (Lipinski definition) is 5. The van der Waals surface area contributed by atoms with Gasteiger partial charge in [-0.25, -0.2) is 4.39 Å². The second-order valence-electron chi connectivity index (χ2n) is 14.2. The maximum Gasteiger partial charge on any atom is 0.419 e. The number of nitrogens with one attached hydrogen (secondary N) is 1. The fourth-order valence-electron chi connectivity index (χ4n) is 6.90. The number of rotatable bonds is 14. The molecule has 1 aromatic heterocycles. The third kappa shape index (κ3) is 9.85. The molecule has 4 rings (SSSR count). The number of aryl methyl sites for hydroxylation is 2. The summed E-state index contributed by atoms with van der Waals surface area (Å²) in [6.45, 7) is 10.4. The lowest BCUT2D eigenvalue weighted by Gasteiger charge is -2.39. The Bertz CT molecular complexity index is 1880. The second kappa shape index (κ2) is 16.4. The van der Waals surface area contributed by atoms with Gasteiger partial charge in [-0.3, -0.25) is 14.4 Å². The molecule has 1 amide bonds. The second-order valence-corrected chi connectivity index (χ2v) is 14.2. The average molecular weight is 756 g/mol. The Kier molecular flexibility index (Phi) is 12.9. The van der Waals surface area contributed by atoms with Crippen molar-refractivity contribution in [3.8, 4) is 11.1 Å². The first-order valence-corrected chi connectivity index (χ1v) is 17.2. The number of carbonyl (C=O) groups excluding carboxylic acids is 1. The minimum absolute atomic E-state index is 0.0601. The van der Waals surface area contributed by atoms with Gasteiger partial charge in [-0.1, -0.05) is 26.0 Å². The maximum absolute atomic E-state index is 15.9. The topological polar surface area (TPSA) is 101 Å². The van der Waals surface area contributed by atoms with Crippen molar-refractivity contribution in [3.63, 3.8) is 0 Å². The Morgan fingerprint density at radius 3 is 2.17 bits per heavy atom. The van der Waals surface area contributed by atoms with Crippen LogP contribution in [0.3, 0.4) is 0 Å². The predicted molar refractivity (Wildman–Crippen MR) is 184 cm³/mol. The zero-order valence-corrected chi connectivity index (χ0v) is 30.3. The summed E-state index contributed by atoms with van der Waals surface area (Å²) in [7, 11) is 1.55. The molecule has 290 valence electrons. The summed E-state index contributed by atoms with van der Waals surface area (Å²) in [6, 6.07) is 2.17. The largest absolute Gasteiger partial charge is 0.481 e. The van der Waals surface area contributed by atoms with Gasteiger partial charge in [0.1, 0.15) is 11.9 Å². The standard InChI is InChI=1S/C38H44F7N3O5/c1-20(2)11-31(48-18-25(28(14-32(48)49)37(40,41)42)9-10-47-16-24(17-47)19-53-6)36(52)46-30(15-33(50)51)27-12-26(13-29(35(27)39)38(43,44)45)34-22(4)8-7-21(3)23(34)5/h7-8,12-14,18,20,24,30-31H,9-11,15-17,19H2,1-6H3,(H,46,52)(H,50,51). The first-order valence-electron chi connectivity index (χ1n) is 17.2. The molecule has 2 unspecified atom stereocenters. The number of likely N-dealkylation sites (tertiary alicyclic amines) is 1. The molecular formula is C38H44F7N3O5. The van der Waals surface area contributed by atoms with E-state index in [2.05, 4.69) is 5.32 Å². The molecule has 2 heterocycles. The van der Waals surface area contributed by atoms with E-state index in [1.807, 2.05) is 4.90 Å². The van der Waals surface area contributed by atoms with Gasteiger partial charge < -0.3 is 24.6 Å². The molecule has 53 heavy (non-hydrogen) atoms. The molecule has 0 aliphatic carbocycles. The van der Waals surface area contributed by atoms with Crippen molar-refractivity contribution in [2.75, 3.05) is 33.4 Å². The number of alkyl halides is 6. The van der Waals surface area contributed by atoms with E-state index in [0.717, 1.165) is 22.4 Å². The average Bonchev–Trinajstić information content (AvgIpc) is 3.02. The van der Waals surface area contributed by atoms with Crippen LogP contribution in [0.1, 0.15) is 77.7 Å². The molecule has 8 nitrogen and oxygen atoms in total. The number of halogens is 7. The lowest BCUT2D eigenvalue weighted by molar-refractivity contribution is -0.140. The number of carboxylic acid groups (broad SMARTS) is 1. The monoisotopic (exact) mass is 755 g/mol. The van der Waals surface area contributed by atoms with Gasteiger partial charge in [0, 0.05) is 50.5 Å². The fraction of sp³-hybridized carbons (Fsp3) is 0.500. The molecule has 0 spiro atoms. The summed E-state index contributed by atoms with van der Waals surface area (Å²) in [5, 5.41) is 12.1. The lowest BCUT2D eigenvalue weighted by atomic mass is 9.88. The van der Waals surface area contributed by atoms with Crippen LogP contribution in [0, 0.1) is 38.4 Å². The number of aromatic nitrogens is 1. The van der Waals surface area contributed by atoms with Crippen molar-refractivity contribution in [1.29, 1.82) is 0 Å². The molecule has 1 saturated heterocycles. The minimum atomic E-state index is -5.21. The number of methoxy groups -OCH3 is 1. The summed E-state index contributed by atoms with van der Waals surface area (Å²) >= 11 is 0. The van der Waals surface area contributed by atoms with Gasteiger partial charge in [0.2, 0.25) is 5.91 Å². The number of hydrogen-bond donors (Lipinski definition) is 2. The highest BCUT2D eigenvalue weighted by molar-refractivity contribution is 5.82. The van der Waals surface area contributed by atoms with Crippen molar-refractivity contribution < 1.29 is 50.2 Å². The summed E-state index contributed by atoms with van der Waals surface area (Å²) < 4.78 is 107. The van der Waals surface area contributed by atoms with Crippen molar-refractivity contribution in [3.05, 3.63) is 91.6 Å². The minimum Gasteiger partial charge on any atom is -0.481 e. The normalized spacial score (nSPS) is 15.4. The van der Waals surface area contributed by atoms with E-state index in [1.165, 1.54) is 0 Å². The van der Waals surface area contributed by atoms with Crippen LogP contribution < -0.4 is 10.9 Å². The molecule has 1 fully saturated rings. The molecule has 0 bridgehead atoms. The number of benzene rings is 2. The van der Waals surface area contributed by atoms with Crippen LogP contribution in [-0.2, 0) is 33.1 Å². The highest BCUT2D eigenvalue weighted by Gasteiger charge is 2.39. The van der Waals surface area contributed by atoms with Crippen molar-refractivity contribution >= 4 is 11.9 Å². The summed E-state index contributed by atoms with van der Waals surface area (Å²) in [5.41, 5.74) is -2.81. The van der Waals surface area contributed by atoms with Crippen molar-refractivity contribution in [1.82, 2.24) is 14.8 Å². The third-order valence-electron chi connectivity index (χ3n) is 9.64. The van der Waals surface area contributed by atoms with E-state index in [0.29, 0.717) is 48.5 Å². The summed E-state index contributed by atoms with van der Waals surface area (Å²) in [5.74, 6) is -4.56. The third-order valence-corrected chi connectivity index (χ3v) is 9.64. The van der Waals surface area contributed by atoms with E-state index in [4.69, 9.17) is 4.74 Å². The summed E-state index contributed by atoms with van der Waals surface area (Å²) in [6.07, 6.45) is -10.4. The van der Waals surface area contributed by atoms with E-state index >= 15 is 4.39 Å². The molecule has 3 aromatic rings.